The van der Waals surface area contributed by atoms with Gasteiger partial charge in [-0.05, 0) is 12.8 Å². The molecule has 0 saturated carbocycles. The fraction of sp³-hybridized carbons (Fsp3) is 0.429. The summed E-state index contributed by atoms with van der Waals surface area (Å²) in [6.07, 6.45) is 1.49. The molecule has 6 nitrogen and oxygen atoms in total. The Morgan fingerprint density at radius 3 is 1.41 bits per heavy atom. The summed E-state index contributed by atoms with van der Waals surface area (Å²) in [5, 5.41) is 3.64. The van der Waals surface area contributed by atoms with Gasteiger partial charge in [-0.25, -0.2) is 0 Å². The number of halogens is 2. The van der Waals surface area contributed by atoms with E-state index in [1.807, 2.05) is 0 Å². The fourth-order valence-corrected chi connectivity index (χ4v) is 2.18. The van der Waals surface area contributed by atoms with Crippen LogP contribution in [-0.4, -0.2) is 23.4 Å². The normalized spacial score (nSPS) is 15.3. The second-order valence-corrected chi connectivity index (χ2v) is 5.39. The van der Waals surface area contributed by atoms with Gasteiger partial charge in [-0.1, -0.05) is 37.0 Å². The number of carbonyl (C=O) groups is 4. The van der Waals surface area contributed by atoms with E-state index in [4.69, 9.17) is 23.2 Å². The molecule has 2 amide bonds. The first-order valence-electron chi connectivity index (χ1n) is 6.82. The Morgan fingerprint density at radius 1 is 0.818 bits per heavy atom. The minimum atomic E-state index is -0.803. The number of allylic oxidation sites excluding steroid dienone is 2. The van der Waals surface area contributed by atoms with Gasteiger partial charge in [-0.2, -0.15) is 0 Å². The molecule has 22 heavy (non-hydrogen) atoms. The molecule has 0 aromatic carbocycles. The SMILES string of the molecule is CCCC(=O)NC1=C(Cl)C(=O)C(NC(=O)CCC)=C(Cl)C1=O. The Kier molecular flexibility index (Phi) is 6.77. The standard InChI is InChI=1S/C14H16Cl2N2O4/c1-3-5-7(19)17-11-9(15)14(22)12(10(16)13(11)21)18-8(20)6-4-2/h3-6H2,1-2H3,(H,17,19)(H,18,20). The van der Waals surface area contributed by atoms with Crippen molar-refractivity contribution in [3.05, 3.63) is 21.5 Å². The zero-order valence-corrected chi connectivity index (χ0v) is 13.7. The highest BCUT2D eigenvalue weighted by molar-refractivity contribution is 6.56. The number of ketones is 2. The third-order valence-electron chi connectivity index (χ3n) is 2.77. The molecule has 1 rings (SSSR count). The Balaban J connectivity index is 3.03. The van der Waals surface area contributed by atoms with Crippen molar-refractivity contribution in [1.82, 2.24) is 10.6 Å². The van der Waals surface area contributed by atoms with E-state index in [-0.39, 0.29) is 24.2 Å². The van der Waals surface area contributed by atoms with Crippen LogP contribution in [0, 0.1) is 0 Å². The average molecular weight is 347 g/mol. The lowest BCUT2D eigenvalue weighted by Crippen LogP contribution is -2.37. The lowest BCUT2D eigenvalue weighted by atomic mass is 10.0. The van der Waals surface area contributed by atoms with Gasteiger partial charge in [0.05, 0.1) is 0 Å². The molecule has 2 N–H and O–H groups in total. The van der Waals surface area contributed by atoms with E-state index in [1.54, 1.807) is 13.8 Å². The fourth-order valence-electron chi connectivity index (χ4n) is 1.73. The second-order valence-electron chi connectivity index (χ2n) is 4.63. The summed E-state index contributed by atoms with van der Waals surface area (Å²) in [5.41, 5.74) is -0.716. The smallest absolute Gasteiger partial charge is 0.224 e. The van der Waals surface area contributed by atoms with Crippen molar-refractivity contribution in [1.29, 1.82) is 0 Å². The van der Waals surface area contributed by atoms with Gasteiger partial charge in [0.15, 0.2) is 0 Å². The minimum absolute atomic E-state index is 0.177. The first-order valence-corrected chi connectivity index (χ1v) is 7.57. The Hall–Kier alpha value is -1.66. The van der Waals surface area contributed by atoms with E-state index in [2.05, 4.69) is 10.6 Å². The van der Waals surface area contributed by atoms with Crippen molar-refractivity contribution in [3.8, 4) is 0 Å². The molecule has 0 spiro atoms. The quantitative estimate of drug-likeness (QED) is 0.718. The van der Waals surface area contributed by atoms with E-state index in [0.717, 1.165) is 0 Å². The number of nitrogens with one attached hydrogen (secondary N) is 2. The van der Waals surface area contributed by atoms with Crippen LogP contribution in [-0.2, 0) is 19.2 Å². The number of hydrogen-bond acceptors (Lipinski definition) is 4. The third-order valence-corrected chi connectivity index (χ3v) is 3.50. The van der Waals surface area contributed by atoms with Crippen LogP contribution < -0.4 is 10.6 Å². The maximum atomic E-state index is 12.1. The van der Waals surface area contributed by atoms with E-state index >= 15 is 0 Å². The van der Waals surface area contributed by atoms with Crippen LogP contribution in [0.3, 0.4) is 0 Å². The highest BCUT2D eigenvalue weighted by atomic mass is 35.5. The van der Waals surface area contributed by atoms with E-state index < -0.39 is 33.4 Å². The van der Waals surface area contributed by atoms with Crippen molar-refractivity contribution in [2.45, 2.75) is 39.5 Å². The van der Waals surface area contributed by atoms with Crippen LogP contribution >= 0.6 is 23.2 Å². The predicted octanol–water partition coefficient (Wildman–Crippen LogP) is 1.87. The molecule has 0 radical (unpaired) electrons. The summed E-state index contributed by atoms with van der Waals surface area (Å²) in [7, 11) is 0. The number of rotatable bonds is 6. The molecule has 0 atom stereocenters. The summed E-state index contributed by atoms with van der Waals surface area (Å²) in [5.74, 6) is -2.50. The monoisotopic (exact) mass is 346 g/mol. The maximum absolute atomic E-state index is 12.1. The van der Waals surface area contributed by atoms with Crippen LogP contribution in [0.5, 0.6) is 0 Å². The van der Waals surface area contributed by atoms with Gasteiger partial charge in [0.1, 0.15) is 21.5 Å². The number of hydrogen-bond donors (Lipinski definition) is 2. The van der Waals surface area contributed by atoms with Gasteiger partial charge >= 0.3 is 0 Å². The zero-order chi connectivity index (χ0) is 16.9. The highest BCUT2D eigenvalue weighted by Gasteiger charge is 2.34. The van der Waals surface area contributed by atoms with Crippen molar-refractivity contribution < 1.29 is 19.2 Å². The minimum Gasteiger partial charge on any atom is -0.321 e. The summed E-state index contributed by atoms with van der Waals surface area (Å²) in [6.45, 7) is 3.58. The number of Topliss-reactive ketones (excluding diaryl/α,β-unsaturated/α-hetero) is 2. The zero-order valence-electron chi connectivity index (χ0n) is 12.2. The predicted molar refractivity (Wildman–Crippen MR) is 81.9 cm³/mol. The Bertz CT molecular complexity index is 542. The van der Waals surface area contributed by atoms with Crippen LogP contribution in [0.25, 0.3) is 0 Å². The molecule has 0 heterocycles. The van der Waals surface area contributed by atoms with Crippen molar-refractivity contribution in [3.63, 3.8) is 0 Å². The summed E-state index contributed by atoms with van der Waals surface area (Å²) < 4.78 is 0. The molecule has 0 saturated heterocycles. The molecule has 0 aromatic heterocycles. The first kappa shape index (κ1) is 18.4. The van der Waals surface area contributed by atoms with E-state index in [1.165, 1.54) is 0 Å². The molecule has 1 aliphatic carbocycles. The average Bonchev–Trinajstić information content (AvgIpc) is 2.47. The van der Waals surface area contributed by atoms with Gasteiger partial charge in [-0.15, -0.1) is 0 Å². The van der Waals surface area contributed by atoms with Crippen molar-refractivity contribution in [2.75, 3.05) is 0 Å². The van der Waals surface area contributed by atoms with Crippen molar-refractivity contribution >= 4 is 46.6 Å². The van der Waals surface area contributed by atoms with Gasteiger partial charge < -0.3 is 10.6 Å². The first-order chi connectivity index (χ1) is 10.3. The van der Waals surface area contributed by atoms with Crippen LogP contribution in [0.4, 0.5) is 0 Å². The molecule has 1 aliphatic rings. The molecular weight excluding hydrogens is 331 g/mol. The summed E-state index contributed by atoms with van der Waals surface area (Å²) in [6, 6.07) is 0. The lowest BCUT2D eigenvalue weighted by molar-refractivity contribution is -0.123. The molecule has 8 heteroatoms. The topological polar surface area (TPSA) is 92.3 Å². The maximum Gasteiger partial charge on any atom is 0.224 e. The van der Waals surface area contributed by atoms with Crippen LogP contribution in [0.15, 0.2) is 21.5 Å². The number of carbonyl (C=O) groups excluding carboxylic acids is 4. The van der Waals surface area contributed by atoms with E-state index in [0.29, 0.717) is 12.8 Å². The third kappa shape index (κ3) is 4.18. The summed E-state index contributed by atoms with van der Waals surface area (Å²) >= 11 is 11.7. The molecule has 120 valence electrons. The van der Waals surface area contributed by atoms with Gasteiger partial charge in [0.2, 0.25) is 23.4 Å². The second kappa shape index (κ2) is 8.10. The van der Waals surface area contributed by atoms with Gasteiger partial charge in [-0.3, -0.25) is 19.2 Å². The highest BCUT2D eigenvalue weighted by Crippen LogP contribution is 2.27. The van der Waals surface area contributed by atoms with Gasteiger partial charge in [0.25, 0.3) is 0 Å². The molecule has 0 bridgehead atoms. The van der Waals surface area contributed by atoms with Crippen LogP contribution in [0.1, 0.15) is 39.5 Å². The Labute approximate surface area is 137 Å². The molecule has 0 unspecified atom stereocenters. The summed E-state index contributed by atoms with van der Waals surface area (Å²) in [4.78, 5) is 47.4. The molecule has 0 aromatic rings. The van der Waals surface area contributed by atoms with Gasteiger partial charge in [0, 0.05) is 12.8 Å². The van der Waals surface area contributed by atoms with Crippen molar-refractivity contribution in [2.24, 2.45) is 0 Å². The number of amides is 2. The van der Waals surface area contributed by atoms with Crippen LogP contribution in [0.2, 0.25) is 0 Å². The van der Waals surface area contributed by atoms with E-state index in [9.17, 15) is 19.2 Å². The lowest BCUT2D eigenvalue weighted by Gasteiger charge is -2.18. The molecule has 0 aliphatic heterocycles. The largest absolute Gasteiger partial charge is 0.321 e. The molecule has 0 fully saturated rings. The molecular formula is C14H16Cl2N2O4. The Morgan fingerprint density at radius 2 is 1.14 bits per heavy atom.